The molecule has 0 spiro atoms. The van der Waals surface area contributed by atoms with Crippen LogP contribution >= 0.6 is 0 Å². The molecule has 14 nitrogen and oxygen atoms in total. The van der Waals surface area contributed by atoms with Crippen LogP contribution in [0.25, 0.3) is 0 Å². The average Bonchev–Trinajstić information content (AvgIpc) is 2.73. The van der Waals surface area contributed by atoms with Crippen molar-refractivity contribution in [3.8, 4) is 0 Å². The van der Waals surface area contributed by atoms with Crippen molar-refractivity contribution in [2.45, 2.75) is 92.0 Å². The van der Waals surface area contributed by atoms with Crippen molar-refractivity contribution in [2.75, 3.05) is 13.2 Å². The highest BCUT2D eigenvalue weighted by atomic mass is 16.7. The number of rotatable bonds is 5. The van der Waals surface area contributed by atoms with Gasteiger partial charge in [0.25, 0.3) is 0 Å². The van der Waals surface area contributed by atoms with Crippen LogP contribution in [-0.4, -0.2) is 124 Å². The van der Waals surface area contributed by atoms with E-state index in [0.29, 0.717) is 0 Å². The van der Waals surface area contributed by atoms with Gasteiger partial charge in [0, 0.05) is 18.6 Å². The summed E-state index contributed by atoms with van der Waals surface area (Å²) in [6, 6.07) is -3.59. The number of hydrogen-bond donors (Lipinski definition) is 10. The van der Waals surface area contributed by atoms with Gasteiger partial charge in [-0.15, -0.1) is 0 Å². The molecule has 0 amide bonds. The predicted molar refractivity (Wildman–Crippen MR) is 104 cm³/mol. The van der Waals surface area contributed by atoms with E-state index < -0.39 is 85.6 Å². The largest absolute Gasteiger partial charge is 0.389 e. The second-order valence-electron chi connectivity index (χ2n) is 8.43. The monoisotopic (exact) mass is 453 g/mol. The Balaban J connectivity index is 1.70. The predicted octanol–water partition coefficient (Wildman–Crippen LogP) is -6.69. The van der Waals surface area contributed by atoms with Crippen LogP contribution in [0.4, 0.5) is 0 Å². The lowest BCUT2D eigenvalue weighted by Crippen LogP contribution is -2.68. The fraction of sp³-hybridized carbons (Fsp3) is 1.00. The fourth-order valence-electron chi connectivity index (χ4n) is 4.15. The zero-order valence-electron chi connectivity index (χ0n) is 17.0. The van der Waals surface area contributed by atoms with Crippen molar-refractivity contribution in [2.24, 2.45) is 28.7 Å². The Morgan fingerprint density at radius 1 is 0.742 bits per heavy atom. The van der Waals surface area contributed by atoms with E-state index in [9.17, 15) is 25.5 Å². The number of nitrogens with two attached hydrogens (primary N) is 5. The SMILES string of the molecule is NCC1O[C@H](OC2C(N)CC(N)[C@@H](OC3OCC(O)[C@@H](N)[C@H]3O)[C@H]2O)C(N)[C@@H](O)[C@@H]1O. The van der Waals surface area contributed by atoms with Gasteiger partial charge in [-0.1, -0.05) is 0 Å². The van der Waals surface area contributed by atoms with Crippen LogP contribution in [0.15, 0.2) is 0 Å². The molecule has 0 bridgehead atoms. The van der Waals surface area contributed by atoms with Gasteiger partial charge in [-0.25, -0.2) is 0 Å². The molecule has 182 valence electrons. The van der Waals surface area contributed by atoms with Gasteiger partial charge in [0.1, 0.15) is 42.7 Å². The molecule has 31 heavy (non-hydrogen) atoms. The Bertz CT molecular complexity index is 592. The van der Waals surface area contributed by atoms with E-state index in [1.54, 1.807) is 0 Å². The summed E-state index contributed by atoms with van der Waals surface area (Å²) in [4.78, 5) is 0. The first kappa shape index (κ1) is 25.1. The molecule has 3 aliphatic rings. The molecule has 2 heterocycles. The number of ether oxygens (including phenoxy) is 4. The standard InChI is InChI=1S/C17H35N5O9/c18-2-7-10(24)11(25)9(22)16(29-7)30-14-4(19)1-5(20)15(13(14)27)31-17-12(26)8(21)6(23)3-28-17/h4-17,23-27H,1-3,18-22H2/t4?,5?,6?,7?,8-,9?,10-,11-,12-,13+,14?,15-,16-,17?/m1/s1. The summed E-state index contributed by atoms with van der Waals surface area (Å²) in [7, 11) is 0. The van der Waals surface area contributed by atoms with Crippen LogP contribution in [0, 0.1) is 0 Å². The molecular weight excluding hydrogens is 418 g/mol. The average molecular weight is 453 g/mol. The molecule has 15 N–H and O–H groups in total. The Morgan fingerprint density at radius 3 is 1.90 bits per heavy atom. The highest BCUT2D eigenvalue weighted by molar-refractivity contribution is 5.01. The van der Waals surface area contributed by atoms with Crippen LogP contribution in [0.2, 0.25) is 0 Å². The van der Waals surface area contributed by atoms with Crippen molar-refractivity contribution >= 4 is 0 Å². The lowest BCUT2D eigenvalue weighted by molar-refractivity contribution is -0.307. The summed E-state index contributed by atoms with van der Waals surface area (Å²) < 4.78 is 22.4. The summed E-state index contributed by atoms with van der Waals surface area (Å²) in [6.07, 6.45) is -11.8. The summed E-state index contributed by atoms with van der Waals surface area (Å²) in [5.41, 5.74) is 29.5. The molecule has 0 radical (unpaired) electrons. The molecule has 2 saturated heterocycles. The topological polar surface area (TPSA) is 268 Å². The first-order valence-corrected chi connectivity index (χ1v) is 10.3. The van der Waals surface area contributed by atoms with Crippen LogP contribution < -0.4 is 28.7 Å². The van der Waals surface area contributed by atoms with E-state index >= 15 is 0 Å². The summed E-state index contributed by atoms with van der Waals surface area (Å²) in [5, 5.41) is 51.0. The molecule has 3 rings (SSSR count). The van der Waals surface area contributed by atoms with Gasteiger partial charge in [0.15, 0.2) is 12.6 Å². The Hall–Kier alpha value is -0.560. The van der Waals surface area contributed by atoms with E-state index in [-0.39, 0.29) is 19.6 Å². The van der Waals surface area contributed by atoms with Crippen molar-refractivity contribution in [1.29, 1.82) is 0 Å². The van der Waals surface area contributed by atoms with Gasteiger partial charge < -0.3 is 73.1 Å². The molecule has 14 heteroatoms. The number of hydrogen-bond acceptors (Lipinski definition) is 14. The summed E-state index contributed by atoms with van der Waals surface area (Å²) in [5.74, 6) is 0. The highest BCUT2D eigenvalue weighted by Crippen LogP contribution is 2.30. The Kier molecular flexibility index (Phi) is 8.21. The zero-order valence-corrected chi connectivity index (χ0v) is 17.0. The minimum atomic E-state index is -1.38. The van der Waals surface area contributed by atoms with Gasteiger partial charge in [-0.05, 0) is 6.42 Å². The molecule has 0 aromatic heterocycles. The van der Waals surface area contributed by atoms with Gasteiger partial charge >= 0.3 is 0 Å². The molecule has 2 aliphatic heterocycles. The quantitative estimate of drug-likeness (QED) is 0.185. The maximum atomic E-state index is 10.9. The first-order valence-electron chi connectivity index (χ1n) is 10.3. The van der Waals surface area contributed by atoms with Crippen LogP contribution in [0.3, 0.4) is 0 Å². The lowest BCUT2D eigenvalue weighted by atomic mass is 9.84. The first-order chi connectivity index (χ1) is 14.6. The highest BCUT2D eigenvalue weighted by Gasteiger charge is 2.50. The van der Waals surface area contributed by atoms with E-state index in [1.807, 2.05) is 0 Å². The normalized spacial score (nSPS) is 54.0. The lowest BCUT2D eigenvalue weighted by Gasteiger charge is -2.47. The Morgan fingerprint density at radius 2 is 1.32 bits per heavy atom. The van der Waals surface area contributed by atoms with Crippen molar-refractivity contribution in [3.63, 3.8) is 0 Å². The minimum absolute atomic E-state index is 0.0935. The number of aliphatic hydroxyl groups excluding tert-OH is 5. The van der Waals surface area contributed by atoms with E-state index in [4.69, 9.17) is 47.6 Å². The van der Waals surface area contributed by atoms with Crippen molar-refractivity contribution < 1.29 is 44.5 Å². The molecule has 0 aromatic rings. The molecule has 3 fully saturated rings. The molecule has 14 atom stereocenters. The van der Waals surface area contributed by atoms with Gasteiger partial charge in [0.2, 0.25) is 0 Å². The fourth-order valence-corrected chi connectivity index (χ4v) is 4.15. The molecule has 0 aromatic carbocycles. The van der Waals surface area contributed by atoms with Crippen molar-refractivity contribution in [3.05, 3.63) is 0 Å². The third-order valence-electron chi connectivity index (χ3n) is 6.17. The van der Waals surface area contributed by atoms with Crippen LogP contribution in [0.1, 0.15) is 6.42 Å². The molecule has 1 aliphatic carbocycles. The third kappa shape index (κ3) is 5.02. The van der Waals surface area contributed by atoms with Gasteiger partial charge in [0.05, 0.1) is 24.8 Å². The maximum Gasteiger partial charge on any atom is 0.185 e. The maximum absolute atomic E-state index is 10.9. The second-order valence-corrected chi connectivity index (χ2v) is 8.43. The van der Waals surface area contributed by atoms with E-state index in [2.05, 4.69) is 0 Å². The minimum Gasteiger partial charge on any atom is -0.389 e. The Labute approximate surface area is 179 Å². The molecular formula is C17H35N5O9. The smallest absolute Gasteiger partial charge is 0.185 e. The van der Waals surface area contributed by atoms with Crippen LogP contribution in [0.5, 0.6) is 0 Å². The second kappa shape index (κ2) is 10.1. The van der Waals surface area contributed by atoms with Gasteiger partial charge in [-0.2, -0.15) is 0 Å². The number of aliphatic hydroxyl groups is 5. The van der Waals surface area contributed by atoms with Gasteiger partial charge in [-0.3, -0.25) is 0 Å². The van der Waals surface area contributed by atoms with Crippen molar-refractivity contribution in [1.82, 2.24) is 0 Å². The van der Waals surface area contributed by atoms with E-state index in [0.717, 1.165) is 0 Å². The zero-order chi connectivity index (χ0) is 23.0. The summed E-state index contributed by atoms with van der Waals surface area (Å²) >= 11 is 0. The van der Waals surface area contributed by atoms with E-state index in [1.165, 1.54) is 0 Å². The third-order valence-corrected chi connectivity index (χ3v) is 6.17. The molecule has 1 saturated carbocycles. The summed E-state index contributed by atoms with van der Waals surface area (Å²) in [6.45, 7) is -0.254. The molecule has 7 unspecified atom stereocenters. The van der Waals surface area contributed by atoms with Crippen LogP contribution in [-0.2, 0) is 18.9 Å².